The molecule has 2 heterocycles. The fourth-order valence-corrected chi connectivity index (χ4v) is 5.28. The number of thiazole rings is 1. The van der Waals surface area contributed by atoms with E-state index in [1.54, 1.807) is 34.4 Å². The van der Waals surface area contributed by atoms with Gasteiger partial charge in [-0.2, -0.15) is 0 Å². The second-order valence-corrected chi connectivity index (χ2v) is 8.16. The molecule has 3 aromatic rings. The van der Waals surface area contributed by atoms with Crippen LogP contribution in [-0.2, 0) is 0 Å². The molecule has 0 aliphatic carbocycles. The predicted molar refractivity (Wildman–Crippen MR) is 86.6 cm³/mol. The molecular weight excluding hydrogens is 316 g/mol. The van der Waals surface area contributed by atoms with E-state index in [2.05, 4.69) is 11.1 Å². The molecule has 0 saturated heterocycles. The van der Waals surface area contributed by atoms with E-state index in [0.717, 1.165) is 14.2 Å². The average molecular weight is 327 g/mol. The number of benzene rings is 1. The van der Waals surface area contributed by atoms with Gasteiger partial charge in [0.1, 0.15) is 0 Å². The summed E-state index contributed by atoms with van der Waals surface area (Å²) in [6.07, 6.45) is 0. The van der Waals surface area contributed by atoms with Gasteiger partial charge in [0.25, 0.3) is 0 Å². The van der Waals surface area contributed by atoms with Crippen molar-refractivity contribution in [2.75, 3.05) is 6.54 Å². The molecule has 1 unspecified atom stereocenters. The van der Waals surface area contributed by atoms with Gasteiger partial charge < -0.3 is 5.73 Å². The summed E-state index contributed by atoms with van der Waals surface area (Å²) < 4.78 is 3.07. The maximum absolute atomic E-state index is 5.98. The molecule has 0 fully saturated rings. The molecule has 98 valence electrons. The van der Waals surface area contributed by atoms with Crippen LogP contribution in [0, 0.1) is 0 Å². The third kappa shape index (κ3) is 2.95. The van der Waals surface area contributed by atoms with Crippen LogP contribution >= 0.6 is 46.0 Å². The Morgan fingerprint density at radius 3 is 2.74 bits per heavy atom. The number of aromatic nitrogens is 1. The van der Waals surface area contributed by atoms with Gasteiger partial charge in [-0.1, -0.05) is 35.5 Å². The Morgan fingerprint density at radius 1 is 1.21 bits per heavy atom. The van der Waals surface area contributed by atoms with Crippen LogP contribution in [0.4, 0.5) is 0 Å². The third-order valence-corrected chi connectivity index (χ3v) is 6.53. The Bertz CT molecular complexity index is 659. The van der Waals surface area contributed by atoms with Crippen molar-refractivity contribution in [2.45, 2.75) is 9.59 Å². The van der Waals surface area contributed by atoms with Gasteiger partial charge in [-0.05, 0) is 24.3 Å². The number of nitrogens with two attached hydrogens (primary N) is 1. The molecule has 2 nitrogen and oxygen atoms in total. The zero-order chi connectivity index (χ0) is 13.2. The van der Waals surface area contributed by atoms with Crippen molar-refractivity contribution in [2.24, 2.45) is 5.73 Å². The van der Waals surface area contributed by atoms with Crippen molar-refractivity contribution in [3.63, 3.8) is 0 Å². The first-order valence-corrected chi connectivity index (χ1v) is 8.63. The van der Waals surface area contributed by atoms with E-state index < -0.39 is 0 Å². The van der Waals surface area contributed by atoms with Gasteiger partial charge in [0.15, 0.2) is 4.34 Å². The third-order valence-electron chi connectivity index (χ3n) is 2.64. The van der Waals surface area contributed by atoms with Gasteiger partial charge in [0, 0.05) is 11.4 Å². The summed E-state index contributed by atoms with van der Waals surface area (Å²) >= 11 is 11.0. The monoisotopic (exact) mass is 326 g/mol. The minimum absolute atomic E-state index is 0.220. The van der Waals surface area contributed by atoms with Gasteiger partial charge in [0.05, 0.1) is 19.8 Å². The molecule has 0 aliphatic rings. The molecule has 3 rings (SSSR count). The van der Waals surface area contributed by atoms with Crippen LogP contribution in [0.2, 0.25) is 4.34 Å². The highest BCUT2D eigenvalue weighted by Crippen LogP contribution is 2.41. The maximum Gasteiger partial charge on any atom is 0.151 e. The van der Waals surface area contributed by atoms with E-state index in [1.165, 1.54) is 9.58 Å². The largest absolute Gasteiger partial charge is 0.329 e. The molecule has 6 heteroatoms. The standard InChI is InChI=1S/C13H11ClN2S3/c14-12-6-5-10(17-12)11(7-15)19-13-16-8-3-1-2-4-9(8)18-13/h1-6,11H,7,15H2. The van der Waals surface area contributed by atoms with Gasteiger partial charge in [-0.15, -0.1) is 22.7 Å². The topological polar surface area (TPSA) is 38.9 Å². The highest BCUT2D eigenvalue weighted by molar-refractivity contribution is 8.01. The van der Waals surface area contributed by atoms with Crippen LogP contribution in [-0.4, -0.2) is 11.5 Å². The number of nitrogens with zero attached hydrogens (tertiary/aromatic N) is 1. The van der Waals surface area contributed by atoms with Crippen molar-refractivity contribution < 1.29 is 0 Å². The lowest BCUT2D eigenvalue weighted by Gasteiger charge is -2.09. The highest BCUT2D eigenvalue weighted by Gasteiger charge is 2.16. The highest BCUT2D eigenvalue weighted by atomic mass is 35.5. The van der Waals surface area contributed by atoms with Gasteiger partial charge in [0.2, 0.25) is 0 Å². The molecule has 0 radical (unpaired) electrons. The molecule has 0 aliphatic heterocycles. The Hall–Kier alpha value is -0.590. The Labute approximate surface area is 128 Å². The number of fused-ring (bicyclic) bond motifs is 1. The summed E-state index contributed by atoms with van der Waals surface area (Å²) in [5.74, 6) is 0. The van der Waals surface area contributed by atoms with Gasteiger partial charge in [-0.25, -0.2) is 4.98 Å². The van der Waals surface area contributed by atoms with Crippen LogP contribution in [0.5, 0.6) is 0 Å². The molecular formula is C13H11ClN2S3. The van der Waals surface area contributed by atoms with E-state index in [9.17, 15) is 0 Å². The number of rotatable bonds is 4. The fraction of sp³-hybridized carbons (Fsp3) is 0.154. The number of hydrogen-bond acceptors (Lipinski definition) is 5. The summed E-state index contributed by atoms with van der Waals surface area (Å²) in [7, 11) is 0. The smallest absolute Gasteiger partial charge is 0.151 e. The Kier molecular flexibility index (Phi) is 4.10. The first kappa shape index (κ1) is 13.4. The second-order valence-electron chi connectivity index (χ2n) is 3.93. The molecule has 0 spiro atoms. The van der Waals surface area contributed by atoms with Crippen molar-refractivity contribution in [1.82, 2.24) is 4.98 Å². The number of hydrogen-bond donors (Lipinski definition) is 1. The molecule has 19 heavy (non-hydrogen) atoms. The molecule has 2 N–H and O–H groups in total. The molecule has 1 atom stereocenters. The van der Waals surface area contributed by atoms with E-state index in [-0.39, 0.29) is 5.25 Å². The SMILES string of the molecule is NCC(Sc1nc2ccccc2s1)c1ccc(Cl)s1. The Morgan fingerprint density at radius 2 is 2.05 bits per heavy atom. The van der Waals surface area contributed by atoms with Crippen LogP contribution in [0.25, 0.3) is 10.2 Å². The van der Waals surface area contributed by atoms with Crippen molar-refractivity contribution >= 4 is 56.3 Å². The maximum atomic E-state index is 5.98. The van der Waals surface area contributed by atoms with Crippen LogP contribution in [0.1, 0.15) is 10.1 Å². The zero-order valence-electron chi connectivity index (χ0n) is 9.88. The van der Waals surface area contributed by atoms with E-state index in [0.29, 0.717) is 6.54 Å². The lowest BCUT2D eigenvalue weighted by molar-refractivity contribution is 0.959. The van der Waals surface area contributed by atoms with Crippen molar-refractivity contribution in [3.05, 3.63) is 45.6 Å². The minimum atomic E-state index is 0.220. The van der Waals surface area contributed by atoms with Crippen molar-refractivity contribution in [3.8, 4) is 0 Å². The summed E-state index contributed by atoms with van der Waals surface area (Å²) in [4.78, 5) is 5.84. The fourth-order valence-electron chi connectivity index (χ4n) is 1.75. The number of para-hydroxylation sites is 1. The predicted octanol–water partition coefficient (Wildman–Crippen LogP) is 4.80. The molecule has 0 bridgehead atoms. The number of thiophene rings is 1. The lowest BCUT2D eigenvalue weighted by atomic mass is 10.3. The quantitative estimate of drug-likeness (QED) is 0.700. The molecule has 2 aromatic heterocycles. The number of thioether (sulfide) groups is 1. The summed E-state index contributed by atoms with van der Waals surface area (Å²) in [6.45, 7) is 0.581. The lowest BCUT2D eigenvalue weighted by Crippen LogP contribution is -2.07. The molecule has 1 aromatic carbocycles. The summed E-state index contributed by atoms with van der Waals surface area (Å²) in [6, 6.07) is 12.1. The van der Waals surface area contributed by atoms with Gasteiger partial charge >= 0.3 is 0 Å². The zero-order valence-corrected chi connectivity index (χ0v) is 13.1. The normalized spacial score (nSPS) is 12.9. The average Bonchev–Trinajstić information content (AvgIpc) is 3.01. The van der Waals surface area contributed by atoms with Crippen molar-refractivity contribution in [1.29, 1.82) is 0 Å². The molecule has 0 amide bonds. The second kappa shape index (κ2) is 5.81. The molecule has 0 saturated carbocycles. The first-order chi connectivity index (χ1) is 9.26. The Balaban J connectivity index is 1.86. The summed E-state index contributed by atoms with van der Waals surface area (Å²) in [5.41, 5.74) is 6.93. The number of halogens is 1. The van der Waals surface area contributed by atoms with Crippen LogP contribution in [0.3, 0.4) is 0 Å². The summed E-state index contributed by atoms with van der Waals surface area (Å²) in [5, 5.41) is 0.220. The first-order valence-electron chi connectivity index (χ1n) is 5.74. The minimum Gasteiger partial charge on any atom is -0.329 e. The van der Waals surface area contributed by atoms with E-state index in [1.807, 2.05) is 30.3 Å². The van der Waals surface area contributed by atoms with E-state index in [4.69, 9.17) is 17.3 Å². The van der Waals surface area contributed by atoms with Gasteiger partial charge in [-0.3, -0.25) is 0 Å². The van der Waals surface area contributed by atoms with Crippen LogP contribution < -0.4 is 5.73 Å². The van der Waals surface area contributed by atoms with Crippen LogP contribution in [0.15, 0.2) is 40.7 Å². The van der Waals surface area contributed by atoms with E-state index >= 15 is 0 Å².